The van der Waals surface area contributed by atoms with E-state index < -0.39 is 5.54 Å². The van der Waals surface area contributed by atoms with E-state index in [9.17, 15) is 9.59 Å². The molecule has 8 nitrogen and oxygen atoms in total. The number of aliphatic imine (C=N–C) groups is 1. The first-order chi connectivity index (χ1) is 15.5. The second-order valence-electron chi connectivity index (χ2n) is 8.59. The first-order valence-corrected chi connectivity index (χ1v) is 11.8. The van der Waals surface area contributed by atoms with Gasteiger partial charge in [0.15, 0.2) is 17.5 Å². The largest absolute Gasteiger partial charge is 0.454 e. The van der Waals surface area contributed by atoms with Crippen LogP contribution in [0.15, 0.2) is 23.2 Å². The fourth-order valence-corrected chi connectivity index (χ4v) is 4.18. The van der Waals surface area contributed by atoms with Crippen molar-refractivity contribution in [3.05, 3.63) is 23.8 Å². The number of nitrogens with two attached hydrogens (primary N) is 1. The van der Waals surface area contributed by atoms with Gasteiger partial charge in [0.1, 0.15) is 5.54 Å². The molecule has 0 saturated carbocycles. The molecule has 0 bridgehead atoms. The standard InChI is InChI=1S/C24H36N4O4/c1-3-5-12-24(13-6-4-2)22(30)28(23(25)27-24)14-8-7-9-21(29)26-16-18-10-11-19-20(15-18)32-17-31-19/h10-11,15H,3-9,12-14,16-17H2,1-2H3,(H2,25,27)(H,26,29). The second-order valence-corrected chi connectivity index (χ2v) is 8.59. The van der Waals surface area contributed by atoms with E-state index in [-0.39, 0.29) is 18.6 Å². The number of nitrogens with one attached hydrogen (secondary N) is 1. The van der Waals surface area contributed by atoms with Crippen molar-refractivity contribution >= 4 is 17.8 Å². The summed E-state index contributed by atoms with van der Waals surface area (Å²) >= 11 is 0. The molecule has 8 heteroatoms. The first kappa shape index (κ1) is 23.9. The molecule has 2 aliphatic heterocycles. The topological polar surface area (TPSA) is 106 Å². The van der Waals surface area contributed by atoms with Crippen LogP contribution >= 0.6 is 0 Å². The predicted molar refractivity (Wildman–Crippen MR) is 123 cm³/mol. The van der Waals surface area contributed by atoms with Gasteiger partial charge in [-0.1, -0.05) is 45.6 Å². The highest BCUT2D eigenvalue weighted by molar-refractivity contribution is 6.06. The number of amides is 2. The lowest BCUT2D eigenvalue weighted by Crippen LogP contribution is -2.44. The third-order valence-electron chi connectivity index (χ3n) is 6.10. The Hall–Kier alpha value is -2.77. The molecule has 0 aromatic heterocycles. The van der Waals surface area contributed by atoms with Crippen LogP contribution in [0.5, 0.6) is 11.5 Å². The minimum absolute atomic E-state index is 0.0164. The number of carbonyl (C=O) groups excluding carboxylic acids is 2. The monoisotopic (exact) mass is 444 g/mol. The number of carbonyl (C=O) groups is 2. The summed E-state index contributed by atoms with van der Waals surface area (Å²) in [5.74, 6) is 1.78. The van der Waals surface area contributed by atoms with Gasteiger partial charge in [-0.25, -0.2) is 4.99 Å². The number of hydrogen-bond donors (Lipinski definition) is 2. The fourth-order valence-electron chi connectivity index (χ4n) is 4.18. The summed E-state index contributed by atoms with van der Waals surface area (Å²) in [5, 5.41) is 2.93. The maximum absolute atomic E-state index is 13.2. The van der Waals surface area contributed by atoms with E-state index in [0.717, 1.165) is 49.8 Å². The number of nitrogens with zero attached hydrogens (tertiary/aromatic N) is 2. The fraction of sp³-hybridized carbons (Fsp3) is 0.625. The molecule has 176 valence electrons. The van der Waals surface area contributed by atoms with Crippen LogP contribution in [0.2, 0.25) is 0 Å². The van der Waals surface area contributed by atoms with E-state index in [1.54, 1.807) is 4.90 Å². The average Bonchev–Trinajstić information content (AvgIpc) is 3.35. The summed E-state index contributed by atoms with van der Waals surface area (Å²) in [6.07, 6.45) is 7.27. The van der Waals surface area contributed by atoms with Gasteiger partial charge in [-0.15, -0.1) is 0 Å². The SMILES string of the molecule is CCCCC1(CCCC)N=C(N)N(CCCCC(=O)NCc2ccc3c(c2)OCO3)C1=O. The molecule has 2 aliphatic rings. The Morgan fingerprint density at radius 3 is 2.56 bits per heavy atom. The lowest BCUT2D eigenvalue weighted by atomic mass is 9.87. The normalized spacial score (nSPS) is 16.4. The maximum Gasteiger partial charge on any atom is 0.257 e. The summed E-state index contributed by atoms with van der Waals surface area (Å²) < 4.78 is 10.7. The average molecular weight is 445 g/mol. The lowest BCUT2D eigenvalue weighted by Gasteiger charge is -2.26. The Morgan fingerprint density at radius 2 is 1.84 bits per heavy atom. The van der Waals surface area contributed by atoms with Crippen molar-refractivity contribution < 1.29 is 19.1 Å². The van der Waals surface area contributed by atoms with Crippen molar-refractivity contribution in [2.75, 3.05) is 13.3 Å². The molecule has 3 N–H and O–H groups in total. The minimum Gasteiger partial charge on any atom is -0.454 e. The highest BCUT2D eigenvalue weighted by atomic mass is 16.7. The number of ether oxygens (including phenoxy) is 2. The van der Waals surface area contributed by atoms with E-state index in [4.69, 9.17) is 15.2 Å². The van der Waals surface area contributed by atoms with Crippen LogP contribution in [0, 0.1) is 0 Å². The van der Waals surface area contributed by atoms with Gasteiger partial charge in [0, 0.05) is 19.5 Å². The van der Waals surface area contributed by atoms with E-state index in [1.807, 2.05) is 18.2 Å². The van der Waals surface area contributed by atoms with Gasteiger partial charge in [-0.3, -0.25) is 14.5 Å². The highest BCUT2D eigenvalue weighted by Gasteiger charge is 2.46. The van der Waals surface area contributed by atoms with Gasteiger partial charge in [-0.05, 0) is 43.4 Å². The number of guanidine groups is 1. The Kier molecular flexibility index (Phi) is 8.36. The Labute approximate surface area is 190 Å². The molecule has 0 saturated heterocycles. The number of unbranched alkanes of at least 4 members (excludes halogenated alkanes) is 3. The van der Waals surface area contributed by atoms with Gasteiger partial charge in [-0.2, -0.15) is 0 Å². The van der Waals surface area contributed by atoms with Gasteiger partial charge >= 0.3 is 0 Å². The molecule has 0 spiro atoms. The van der Waals surface area contributed by atoms with E-state index in [2.05, 4.69) is 24.2 Å². The summed E-state index contributed by atoms with van der Waals surface area (Å²) in [6, 6.07) is 5.65. The van der Waals surface area contributed by atoms with Gasteiger partial charge in [0.05, 0.1) is 0 Å². The number of rotatable bonds is 13. The van der Waals surface area contributed by atoms with Crippen LogP contribution in [0.25, 0.3) is 0 Å². The number of hydrogen-bond acceptors (Lipinski definition) is 6. The molecule has 2 amide bonds. The highest BCUT2D eigenvalue weighted by Crippen LogP contribution is 2.33. The van der Waals surface area contributed by atoms with Crippen LogP contribution in [0.1, 0.15) is 77.2 Å². The zero-order chi connectivity index (χ0) is 23.0. The van der Waals surface area contributed by atoms with E-state index in [1.165, 1.54) is 0 Å². The van der Waals surface area contributed by atoms with Crippen LogP contribution in [-0.2, 0) is 16.1 Å². The molecule has 0 radical (unpaired) electrons. The summed E-state index contributed by atoms with van der Waals surface area (Å²) in [7, 11) is 0. The van der Waals surface area contributed by atoms with Gasteiger partial charge < -0.3 is 20.5 Å². The summed E-state index contributed by atoms with van der Waals surface area (Å²) in [6.45, 7) is 5.42. The van der Waals surface area contributed by atoms with Gasteiger partial charge in [0.25, 0.3) is 5.91 Å². The smallest absolute Gasteiger partial charge is 0.257 e. The minimum atomic E-state index is -0.682. The van der Waals surface area contributed by atoms with E-state index >= 15 is 0 Å². The van der Waals surface area contributed by atoms with Crippen molar-refractivity contribution in [2.24, 2.45) is 10.7 Å². The molecular weight excluding hydrogens is 408 g/mol. The quantitative estimate of drug-likeness (QED) is 0.453. The molecule has 1 aromatic rings. The maximum atomic E-state index is 13.2. The summed E-state index contributed by atoms with van der Waals surface area (Å²) in [5.41, 5.74) is 6.42. The van der Waals surface area contributed by atoms with Crippen molar-refractivity contribution in [3.63, 3.8) is 0 Å². The Morgan fingerprint density at radius 1 is 1.12 bits per heavy atom. The zero-order valence-electron chi connectivity index (χ0n) is 19.3. The van der Waals surface area contributed by atoms with Crippen molar-refractivity contribution in [1.29, 1.82) is 0 Å². The third kappa shape index (κ3) is 5.72. The molecular formula is C24H36N4O4. The van der Waals surface area contributed by atoms with Crippen LogP contribution in [0.3, 0.4) is 0 Å². The summed E-state index contributed by atoms with van der Waals surface area (Å²) in [4.78, 5) is 31.6. The van der Waals surface area contributed by atoms with Crippen molar-refractivity contribution in [1.82, 2.24) is 10.2 Å². The van der Waals surface area contributed by atoms with Crippen LogP contribution in [-0.4, -0.2) is 41.6 Å². The third-order valence-corrected chi connectivity index (χ3v) is 6.10. The lowest BCUT2D eigenvalue weighted by molar-refractivity contribution is -0.131. The van der Waals surface area contributed by atoms with Crippen molar-refractivity contribution in [3.8, 4) is 11.5 Å². The van der Waals surface area contributed by atoms with Crippen molar-refractivity contribution in [2.45, 2.75) is 83.7 Å². The zero-order valence-corrected chi connectivity index (χ0v) is 19.3. The van der Waals surface area contributed by atoms with Crippen LogP contribution in [0.4, 0.5) is 0 Å². The van der Waals surface area contributed by atoms with Gasteiger partial charge in [0.2, 0.25) is 12.7 Å². The first-order valence-electron chi connectivity index (χ1n) is 11.8. The van der Waals surface area contributed by atoms with Crippen LogP contribution < -0.4 is 20.5 Å². The molecule has 0 aliphatic carbocycles. The molecule has 1 aromatic carbocycles. The number of benzene rings is 1. The molecule has 0 fully saturated rings. The Bertz CT molecular complexity index is 831. The number of fused-ring (bicyclic) bond motifs is 1. The molecule has 0 atom stereocenters. The molecule has 0 unspecified atom stereocenters. The molecule has 2 heterocycles. The second kappa shape index (κ2) is 11.2. The predicted octanol–water partition coefficient (Wildman–Crippen LogP) is 3.48. The Balaban J connectivity index is 1.41. The molecule has 3 rings (SSSR count). The molecule has 32 heavy (non-hydrogen) atoms. The van der Waals surface area contributed by atoms with E-state index in [0.29, 0.717) is 44.1 Å².